The van der Waals surface area contributed by atoms with E-state index in [1.54, 1.807) is 0 Å². The number of ether oxygens (including phenoxy) is 1. The van der Waals surface area contributed by atoms with Crippen LogP contribution >= 0.6 is 12.4 Å². The summed E-state index contributed by atoms with van der Waals surface area (Å²) in [5.74, 6) is 2.35. The third-order valence-electron chi connectivity index (χ3n) is 4.13. The van der Waals surface area contributed by atoms with Gasteiger partial charge >= 0.3 is 0 Å². The molecule has 1 aliphatic carbocycles. The van der Waals surface area contributed by atoms with E-state index in [4.69, 9.17) is 10.5 Å². The molecule has 3 heteroatoms. The van der Waals surface area contributed by atoms with Crippen molar-refractivity contribution in [1.29, 1.82) is 0 Å². The Labute approximate surface area is 132 Å². The zero-order chi connectivity index (χ0) is 13.8. The Morgan fingerprint density at radius 2 is 1.57 bits per heavy atom. The molecule has 2 nitrogen and oxygen atoms in total. The smallest absolute Gasteiger partial charge is 0.127 e. The Bertz CT molecular complexity index is 552. The summed E-state index contributed by atoms with van der Waals surface area (Å²) in [4.78, 5) is 0. The summed E-state index contributed by atoms with van der Waals surface area (Å²) in [7, 11) is 0. The van der Waals surface area contributed by atoms with Crippen LogP contribution in [0, 0.1) is 5.92 Å². The van der Waals surface area contributed by atoms with E-state index in [1.807, 2.05) is 42.5 Å². The molecular weight excluding hydrogens is 282 g/mol. The molecule has 2 N–H and O–H groups in total. The molecule has 0 saturated heterocycles. The van der Waals surface area contributed by atoms with Gasteiger partial charge < -0.3 is 10.5 Å². The van der Waals surface area contributed by atoms with Gasteiger partial charge in [0.2, 0.25) is 0 Å². The van der Waals surface area contributed by atoms with Crippen LogP contribution < -0.4 is 10.5 Å². The van der Waals surface area contributed by atoms with Gasteiger partial charge in [0.15, 0.2) is 0 Å². The number of hydrogen-bond donors (Lipinski definition) is 1. The Morgan fingerprint density at radius 1 is 0.905 bits per heavy atom. The highest BCUT2D eigenvalue weighted by atomic mass is 35.5. The van der Waals surface area contributed by atoms with E-state index < -0.39 is 0 Å². The molecule has 0 heterocycles. The molecule has 0 amide bonds. The van der Waals surface area contributed by atoms with Gasteiger partial charge in [-0.1, -0.05) is 43.2 Å². The van der Waals surface area contributed by atoms with Crippen LogP contribution in [0.1, 0.15) is 37.3 Å². The average Bonchev–Trinajstić information content (AvgIpc) is 3.02. The number of nitrogens with two attached hydrogens (primary N) is 1. The first-order chi connectivity index (χ1) is 9.83. The Morgan fingerprint density at radius 3 is 2.29 bits per heavy atom. The Hall–Kier alpha value is -1.51. The minimum absolute atomic E-state index is 0. The Kier molecular flexibility index (Phi) is 5.66. The lowest BCUT2D eigenvalue weighted by atomic mass is 9.92. The molecule has 1 atom stereocenters. The van der Waals surface area contributed by atoms with E-state index >= 15 is 0 Å². The minimum atomic E-state index is 0. The van der Waals surface area contributed by atoms with Gasteiger partial charge in [-0.05, 0) is 48.6 Å². The predicted octanol–water partition coefficient (Wildman–Crippen LogP) is 5.09. The summed E-state index contributed by atoms with van der Waals surface area (Å²) < 4.78 is 5.88. The van der Waals surface area contributed by atoms with Crippen molar-refractivity contribution < 1.29 is 4.74 Å². The van der Waals surface area contributed by atoms with Crippen molar-refractivity contribution in [2.45, 2.75) is 31.7 Å². The predicted molar refractivity (Wildman–Crippen MR) is 89.1 cm³/mol. The lowest BCUT2D eigenvalue weighted by Crippen LogP contribution is -2.18. The molecular formula is C18H22ClNO. The van der Waals surface area contributed by atoms with Crippen molar-refractivity contribution in [2.75, 3.05) is 0 Å². The van der Waals surface area contributed by atoms with E-state index in [0.29, 0.717) is 5.92 Å². The highest BCUT2D eigenvalue weighted by Gasteiger charge is 2.23. The first kappa shape index (κ1) is 15.9. The number of benzene rings is 2. The molecule has 0 aromatic heterocycles. The summed E-state index contributed by atoms with van der Waals surface area (Å²) in [5.41, 5.74) is 7.59. The third-order valence-corrected chi connectivity index (χ3v) is 4.13. The van der Waals surface area contributed by atoms with Crippen molar-refractivity contribution in [3.8, 4) is 11.5 Å². The van der Waals surface area contributed by atoms with E-state index in [2.05, 4.69) is 12.1 Å². The maximum Gasteiger partial charge on any atom is 0.127 e. The van der Waals surface area contributed by atoms with Gasteiger partial charge in [0.05, 0.1) is 0 Å². The van der Waals surface area contributed by atoms with Gasteiger partial charge in [0, 0.05) is 6.04 Å². The summed E-state index contributed by atoms with van der Waals surface area (Å²) in [6.07, 6.45) is 5.15. The van der Waals surface area contributed by atoms with Crippen LogP contribution in [0.2, 0.25) is 0 Å². The van der Waals surface area contributed by atoms with Gasteiger partial charge in [0.1, 0.15) is 11.5 Å². The minimum Gasteiger partial charge on any atom is -0.457 e. The molecule has 112 valence electrons. The van der Waals surface area contributed by atoms with Crippen molar-refractivity contribution >= 4 is 12.4 Å². The van der Waals surface area contributed by atoms with Crippen LogP contribution in [0.25, 0.3) is 0 Å². The van der Waals surface area contributed by atoms with Crippen LogP contribution in [0.3, 0.4) is 0 Å². The molecule has 0 aliphatic heterocycles. The zero-order valence-corrected chi connectivity index (χ0v) is 12.9. The second kappa shape index (κ2) is 7.48. The maximum atomic E-state index is 6.41. The molecule has 1 aliphatic rings. The largest absolute Gasteiger partial charge is 0.457 e. The number of halogens is 1. The number of para-hydroxylation sites is 1. The standard InChI is InChI=1S/C18H21NO.ClH/c19-18(14-7-4-5-8-14)15-9-6-12-17(13-15)20-16-10-2-1-3-11-16;/h1-3,6,9-14,18H,4-5,7-8,19H2;1H/t18-;/m0./s1. The molecule has 21 heavy (non-hydrogen) atoms. The fourth-order valence-corrected chi connectivity index (χ4v) is 3.00. The van der Waals surface area contributed by atoms with Crippen LogP contribution in [0.15, 0.2) is 54.6 Å². The van der Waals surface area contributed by atoms with Gasteiger partial charge in [-0.3, -0.25) is 0 Å². The zero-order valence-electron chi connectivity index (χ0n) is 12.1. The van der Waals surface area contributed by atoms with Crippen LogP contribution in [-0.4, -0.2) is 0 Å². The molecule has 0 unspecified atom stereocenters. The lowest BCUT2D eigenvalue weighted by molar-refractivity contribution is 0.440. The van der Waals surface area contributed by atoms with Crippen LogP contribution in [0.5, 0.6) is 11.5 Å². The second-order valence-electron chi connectivity index (χ2n) is 5.56. The van der Waals surface area contributed by atoms with E-state index in [9.17, 15) is 0 Å². The quantitative estimate of drug-likeness (QED) is 0.853. The van der Waals surface area contributed by atoms with Gasteiger partial charge in [-0.15, -0.1) is 12.4 Å². The monoisotopic (exact) mass is 303 g/mol. The fourth-order valence-electron chi connectivity index (χ4n) is 3.00. The molecule has 0 radical (unpaired) electrons. The van der Waals surface area contributed by atoms with Crippen LogP contribution in [-0.2, 0) is 0 Å². The molecule has 0 spiro atoms. The fraction of sp³-hybridized carbons (Fsp3) is 0.333. The van der Waals surface area contributed by atoms with E-state index in [0.717, 1.165) is 11.5 Å². The summed E-state index contributed by atoms with van der Waals surface area (Å²) in [6.45, 7) is 0. The molecule has 2 aromatic carbocycles. The number of rotatable bonds is 4. The third kappa shape index (κ3) is 3.99. The average molecular weight is 304 g/mol. The molecule has 1 fully saturated rings. The van der Waals surface area contributed by atoms with E-state index in [1.165, 1.54) is 31.2 Å². The summed E-state index contributed by atoms with van der Waals surface area (Å²) >= 11 is 0. The first-order valence-corrected chi connectivity index (χ1v) is 7.41. The summed E-state index contributed by atoms with van der Waals surface area (Å²) in [5, 5.41) is 0. The highest BCUT2D eigenvalue weighted by molar-refractivity contribution is 5.85. The van der Waals surface area contributed by atoms with Gasteiger partial charge in [-0.25, -0.2) is 0 Å². The van der Waals surface area contributed by atoms with Gasteiger partial charge in [-0.2, -0.15) is 0 Å². The van der Waals surface area contributed by atoms with Crippen molar-refractivity contribution in [3.63, 3.8) is 0 Å². The highest BCUT2D eigenvalue weighted by Crippen LogP contribution is 2.35. The molecule has 0 bridgehead atoms. The topological polar surface area (TPSA) is 35.2 Å². The van der Waals surface area contributed by atoms with Gasteiger partial charge in [0.25, 0.3) is 0 Å². The molecule has 3 rings (SSSR count). The first-order valence-electron chi connectivity index (χ1n) is 7.41. The molecule has 2 aromatic rings. The second-order valence-corrected chi connectivity index (χ2v) is 5.56. The maximum absolute atomic E-state index is 6.41. The van der Waals surface area contributed by atoms with Crippen molar-refractivity contribution in [3.05, 3.63) is 60.2 Å². The summed E-state index contributed by atoms with van der Waals surface area (Å²) in [6, 6.07) is 18.2. The van der Waals surface area contributed by atoms with Crippen LogP contribution in [0.4, 0.5) is 0 Å². The van der Waals surface area contributed by atoms with Crippen molar-refractivity contribution in [1.82, 2.24) is 0 Å². The van der Waals surface area contributed by atoms with Crippen molar-refractivity contribution in [2.24, 2.45) is 11.7 Å². The normalized spacial score (nSPS) is 16.2. The van der Waals surface area contributed by atoms with E-state index in [-0.39, 0.29) is 18.4 Å². The Balaban J connectivity index is 0.00000161. The molecule has 1 saturated carbocycles. The SMILES string of the molecule is Cl.N[C@H](c1cccc(Oc2ccccc2)c1)C1CCCC1. The lowest BCUT2D eigenvalue weighted by Gasteiger charge is -2.19. The number of hydrogen-bond acceptors (Lipinski definition) is 2.